The van der Waals surface area contributed by atoms with E-state index >= 15 is 0 Å². The van der Waals surface area contributed by atoms with Gasteiger partial charge >= 0.3 is 0 Å². The van der Waals surface area contributed by atoms with Crippen LogP contribution in [0.3, 0.4) is 0 Å². The van der Waals surface area contributed by atoms with E-state index < -0.39 is 0 Å². The minimum Gasteiger partial charge on any atom is -0.0990 e. The molecule has 0 nitrogen and oxygen atoms in total. The summed E-state index contributed by atoms with van der Waals surface area (Å²) in [6.07, 6.45) is 3.15. The van der Waals surface area contributed by atoms with Gasteiger partial charge in [0.2, 0.25) is 0 Å². The van der Waals surface area contributed by atoms with Gasteiger partial charge in [0.25, 0.3) is 0 Å². The average Bonchev–Trinajstić information content (AvgIpc) is 2.79. The van der Waals surface area contributed by atoms with Crippen LogP contribution in [0.2, 0.25) is 0 Å². The molecule has 0 N–H and O–H groups in total. The molecule has 0 saturated carbocycles. The molecule has 0 heterocycles. The lowest BCUT2D eigenvalue weighted by Gasteiger charge is -2.34. The lowest BCUT2D eigenvalue weighted by molar-refractivity contribution is 0.322. The van der Waals surface area contributed by atoms with E-state index in [-0.39, 0.29) is 5.41 Å². The minimum atomic E-state index is 0.0996. The van der Waals surface area contributed by atoms with E-state index in [9.17, 15) is 0 Å². The third-order valence-corrected chi connectivity index (χ3v) is 7.38. The van der Waals surface area contributed by atoms with Crippen molar-refractivity contribution >= 4 is 21.5 Å². The number of rotatable bonds is 7. The summed E-state index contributed by atoms with van der Waals surface area (Å²) in [4.78, 5) is 0. The SMILES string of the molecule is C=C(Cc1cccc2c(C)cccc12)C(C)(CC)CC(C)c1cccc2ccccc12. The molecule has 0 amide bonds. The van der Waals surface area contributed by atoms with Crippen molar-refractivity contribution in [2.75, 3.05) is 0 Å². The van der Waals surface area contributed by atoms with Crippen LogP contribution in [-0.4, -0.2) is 0 Å². The van der Waals surface area contributed by atoms with Crippen molar-refractivity contribution in [3.8, 4) is 0 Å². The fraction of sp³-hybridized carbons (Fsp3) is 0.290. The molecule has 4 aromatic rings. The van der Waals surface area contributed by atoms with Crippen LogP contribution < -0.4 is 0 Å². The zero-order valence-electron chi connectivity index (χ0n) is 19.4. The molecule has 2 unspecified atom stereocenters. The summed E-state index contributed by atoms with van der Waals surface area (Å²) in [5.41, 5.74) is 5.63. The Bertz CT molecular complexity index is 1220. The fourth-order valence-electron chi connectivity index (χ4n) is 5.13. The van der Waals surface area contributed by atoms with Crippen molar-refractivity contribution in [1.29, 1.82) is 0 Å². The number of allylic oxidation sites excluding steroid dienone is 1. The van der Waals surface area contributed by atoms with Gasteiger partial charge in [-0.3, -0.25) is 0 Å². The maximum absolute atomic E-state index is 4.63. The van der Waals surface area contributed by atoms with Crippen LogP contribution in [0, 0.1) is 12.3 Å². The molecule has 4 aromatic carbocycles. The predicted octanol–water partition coefficient (Wildman–Crippen LogP) is 9.01. The van der Waals surface area contributed by atoms with E-state index in [2.05, 4.69) is 113 Å². The van der Waals surface area contributed by atoms with Gasteiger partial charge in [-0.25, -0.2) is 0 Å². The van der Waals surface area contributed by atoms with Gasteiger partial charge in [0.1, 0.15) is 0 Å². The summed E-state index contributed by atoms with van der Waals surface area (Å²) in [6.45, 7) is 13.9. The first kappa shape index (κ1) is 21.4. The van der Waals surface area contributed by atoms with Crippen LogP contribution in [0.1, 0.15) is 56.2 Å². The molecule has 0 aliphatic carbocycles. The van der Waals surface area contributed by atoms with Crippen LogP contribution in [0.15, 0.2) is 91.0 Å². The molecule has 0 heteroatoms. The Morgan fingerprint density at radius 2 is 1.48 bits per heavy atom. The summed E-state index contributed by atoms with van der Waals surface area (Å²) < 4.78 is 0. The third-order valence-electron chi connectivity index (χ3n) is 7.38. The van der Waals surface area contributed by atoms with Crippen molar-refractivity contribution in [1.82, 2.24) is 0 Å². The Morgan fingerprint density at radius 1 is 0.839 bits per heavy atom. The maximum Gasteiger partial charge on any atom is -0.00582 e. The van der Waals surface area contributed by atoms with Gasteiger partial charge in [-0.1, -0.05) is 112 Å². The first-order valence-electron chi connectivity index (χ1n) is 11.6. The molecule has 0 spiro atoms. The van der Waals surface area contributed by atoms with Gasteiger partial charge < -0.3 is 0 Å². The van der Waals surface area contributed by atoms with Gasteiger partial charge in [-0.15, -0.1) is 0 Å². The largest absolute Gasteiger partial charge is 0.0990 e. The topological polar surface area (TPSA) is 0 Å². The second-order valence-corrected chi connectivity index (χ2v) is 9.46. The van der Waals surface area contributed by atoms with Crippen molar-refractivity contribution in [3.63, 3.8) is 0 Å². The van der Waals surface area contributed by atoms with Gasteiger partial charge in [0.15, 0.2) is 0 Å². The monoisotopic (exact) mass is 406 g/mol. The van der Waals surface area contributed by atoms with Crippen LogP contribution in [-0.2, 0) is 6.42 Å². The summed E-state index contributed by atoms with van der Waals surface area (Å²) in [6, 6.07) is 28.8. The second-order valence-electron chi connectivity index (χ2n) is 9.46. The molecule has 0 saturated heterocycles. The number of hydrogen-bond donors (Lipinski definition) is 0. The van der Waals surface area contributed by atoms with Crippen molar-refractivity contribution in [2.24, 2.45) is 5.41 Å². The highest BCUT2D eigenvalue weighted by molar-refractivity contribution is 5.89. The highest BCUT2D eigenvalue weighted by Gasteiger charge is 2.29. The van der Waals surface area contributed by atoms with Crippen molar-refractivity contribution in [3.05, 3.63) is 108 Å². The Labute approximate surface area is 187 Å². The summed E-state index contributed by atoms with van der Waals surface area (Å²) >= 11 is 0. The van der Waals surface area contributed by atoms with Crippen LogP contribution in [0.5, 0.6) is 0 Å². The van der Waals surface area contributed by atoms with Crippen LogP contribution >= 0.6 is 0 Å². The first-order chi connectivity index (χ1) is 14.9. The van der Waals surface area contributed by atoms with E-state index in [1.807, 2.05) is 0 Å². The summed E-state index contributed by atoms with van der Waals surface area (Å²) in [5.74, 6) is 0.475. The Hall–Kier alpha value is -2.86. The molecule has 158 valence electrons. The first-order valence-corrected chi connectivity index (χ1v) is 11.6. The van der Waals surface area contributed by atoms with E-state index in [0.717, 1.165) is 19.3 Å². The summed E-state index contributed by atoms with van der Waals surface area (Å²) in [5, 5.41) is 5.43. The van der Waals surface area contributed by atoms with E-state index in [4.69, 9.17) is 0 Å². The Morgan fingerprint density at radius 3 is 2.29 bits per heavy atom. The molecular formula is C31H34. The van der Waals surface area contributed by atoms with Crippen LogP contribution in [0.25, 0.3) is 21.5 Å². The molecule has 0 aliphatic heterocycles. The molecule has 4 rings (SSSR count). The van der Waals surface area contributed by atoms with E-state index in [1.165, 1.54) is 43.8 Å². The number of benzene rings is 4. The molecule has 2 atom stereocenters. The molecule has 0 aromatic heterocycles. The highest BCUT2D eigenvalue weighted by Crippen LogP contribution is 2.43. The molecule has 0 fully saturated rings. The lowest BCUT2D eigenvalue weighted by atomic mass is 9.70. The van der Waals surface area contributed by atoms with Gasteiger partial charge in [-0.05, 0) is 75.8 Å². The number of fused-ring (bicyclic) bond motifs is 2. The average molecular weight is 407 g/mol. The van der Waals surface area contributed by atoms with Crippen LogP contribution in [0.4, 0.5) is 0 Å². The Balaban J connectivity index is 1.61. The molecule has 0 aliphatic rings. The second kappa shape index (κ2) is 8.71. The molecule has 0 radical (unpaired) electrons. The van der Waals surface area contributed by atoms with Crippen molar-refractivity contribution in [2.45, 2.75) is 52.9 Å². The van der Waals surface area contributed by atoms with Crippen molar-refractivity contribution < 1.29 is 0 Å². The molecular weight excluding hydrogens is 372 g/mol. The molecule has 31 heavy (non-hydrogen) atoms. The highest BCUT2D eigenvalue weighted by atomic mass is 14.3. The van der Waals surface area contributed by atoms with Gasteiger partial charge in [-0.2, -0.15) is 0 Å². The quantitative estimate of drug-likeness (QED) is 0.269. The lowest BCUT2D eigenvalue weighted by Crippen LogP contribution is -2.22. The van der Waals surface area contributed by atoms with Gasteiger partial charge in [0.05, 0.1) is 0 Å². The normalized spacial score (nSPS) is 14.5. The smallest absolute Gasteiger partial charge is 0.00582 e. The number of aryl methyl sites for hydroxylation is 1. The predicted molar refractivity (Wildman–Crippen MR) is 137 cm³/mol. The zero-order chi connectivity index (χ0) is 22.0. The van der Waals surface area contributed by atoms with E-state index in [0.29, 0.717) is 5.92 Å². The molecule has 0 bridgehead atoms. The summed E-state index contributed by atoms with van der Waals surface area (Å²) in [7, 11) is 0. The maximum atomic E-state index is 4.63. The van der Waals surface area contributed by atoms with E-state index in [1.54, 1.807) is 0 Å². The van der Waals surface area contributed by atoms with Gasteiger partial charge in [0, 0.05) is 0 Å². The minimum absolute atomic E-state index is 0.0996. The fourth-order valence-corrected chi connectivity index (χ4v) is 5.13. The standard InChI is InChI=1S/C31H34/c1-6-31(5,21-23(3)28-18-10-14-25-13-7-8-16-29(25)28)24(4)20-26-15-11-17-27-22(2)12-9-19-30(26)27/h7-19,23H,4,6,20-21H2,1-3,5H3. The third kappa shape index (κ3) is 4.17. The Kier molecular flexibility index (Phi) is 6.01. The zero-order valence-corrected chi connectivity index (χ0v) is 19.4. The number of hydrogen-bond acceptors (Lipinski definition) is 0.